The van der Waals surface area contributed by atoms with E-state index in [0.717, 1.165) is 12.1 Å². The van der Waals surface area contributed by atoms with Gasteiger partial charge in [-0.05, 0) is 42.5 Å². The number of nitrogens with zero attached hydrogens (tertiary/aromatic N) is 2. The molecule has 0 atom stereocenters. The Labute approximate surface area is 178 Å². The van der Waals surface area contributed by atoms with Crippen LogP contribution >= 0.6 is 0 Å². The Bertz CT molecular complexity index is 1020. The average Bonchev–Trinajstić information content (AvgIpc) is 2.72. The Morgan fingerprint density at radius 3 is 2.26 bits per heavy atom. The maximum atomic E-state index is 12.9. The lowest BCUT2D eigenvalue weighted by molar-refractivity contribution is -0.137. The minimum absolute atomic E-state index is 0.0378. The highest BCUT2D eigenvalue weighted by atomic mass is 32.2. The van der Waals surface area contributed by atoms with E-state index in [9.17, 15) is 26.4 Å². The summed E-state index contributed by atoms with van der Waals surface area (Å²) in [5, 5.41) is 7.73. The van der Waals surface area contributed by atoms with Crippen LogP contribution in [-0.2, 0) is 21.0 Å². The molecular formula is C20H23F3N4O3S. The zero-order chi connectivity index (χ0) is 22.6. The van der Waals surface area contributed by atoms with Gasteiger partial charge in [-0.3, -0.25) is 9.69 Å². The highest BCUT2D eigenvalue weighted by Crippen LogP contribution is 2.31. The normalized spacial score (nSPS) is 15.7. The second-order valence-corrected chi connectivity index (χ2v) is 8.81. The zero-order valence-corrected chi connectivity index (χ0v) is 17.4. The Kier molecular flexibility index (Phi) is 6.87. The van der Waals surface area contributed by atoms with E-state index in [1.165, 1.54) is 30.3 Å². The molecule has 3 N–H and O–H groups in total. The van der Waals surface area contributed by atoms with Gasteiger partial charge in [0, 0.05) is 50.5 Å². The molecule has 0 aliphatic carbocycles. The van der Waals surface area contributed by atoms with Crippen LogP contribution in [0.5, 0.6) is 0 Å². The van der Waals surface area contributed by atoms with Crippen LogP contribution in [0.15, 0.2) is 53.4 Å². The average molecular weight is 456 g/mol. The van der Waals surface area contributed by atoms with Crippen molar-refractivity contribution in [2.75, 3.05) is 42.9 Å². The molecule has 2 aromatic rings. The molecule has 0 spiro atoms. The Morgan fingerprint density at radius 1 is 1.03 bits per heavy atom. The summed E-state index contributed by atoms with van der Waals surface area (Å²) in [5.41, 5.74) is 0.336. The van der Waals surface area contributed by atoms with E-state index in [-0.39, 0.29) is 17.2 Å². The van der Waals surface area contributed by atoms with Gasteiger partial charge in [-0.25, -0.2) is 13.6 Å². The molecule has 2 aromatic carbocycles. The monoisotopic (exact) mass is 456 g/mol. The van der Waals surface area contributed by atoms with E-state index in [4.69, 9.17) is 5.14 Å². The number of halogens is 3. The molecule has 1 saturated heterocycles. The molecule has 1 fully saturated rings. The molecule has 168 valence electrons. The SMILES string of the molecule is NS(=O)(=O)c1ccc(NC(=O)CCN2CCN(c3cccc(C(F)(F)F)c3)CC2)cc1. The summed E-state index contributed by atoms with van der Waals surface area (Å²) in [6, 6.07) is 10.8. The van der Waals surface area contributed by atoms with Crippen molar-refractivity contribution in [3.8, 4) is 0 Å². The van der Waals surface area contributed by atoms with Crippen LogP contribution in [0.25, 0.3) is 0 Å². The number of anilines is 2. The van der Waals surface area contributed by atoms with E-state index < -0.39 is 21.8 Å². The van der Waals surface area contributed by atoms with Crippen molar-refractivity contribution >= 4 is 27.3 Å². The molecule has 0 radical (unpaired) electrons. The molecule has 3 rings (SSSR count). The van der Waals surface area contributed by atoms with Crippen molar-refractivity contribution in [2.24, 2.45) is 5.14 Å². The van der Waals surface area contributed by atoms with Gasteiger partial charge in [0.1, 0.15) is 0 Å². The van der Waals surface area contributed by atoms with Crippen LogP contribution in [-0.4, -0.2) is 51.9 Å². The van der Waals surface area contributed by atoms with E-state index in [2.05, 4.69) is 10.2 Å². The summed E-state index contributed by atoms with van der Waals surface area (Å²) in [5.74, 6) is -0.219. The number of hydrogen-bond donors (Lipinski definition) is 2. The number of primary sulfonamides is 1. The van der Waals surface area contributed by atoms with Gasteiger partial charge in [0.15, 0.2) is 0 Å². The fourth-order valence-corrected chi connectivity index (χ4v) is 3.84. The second kappa shape index (κ2) is 9.25. The summed E-state index contributed by atoms with van der Waals surface area (Å²) in [4.78, 5) is 16.1. The lowest BCUT2D eigenvalue weighted by Gasteiger charge is -2.36. The van der Waals surface area contributed by atoms with Crippen molar-refractivity contribution in [3.63, 3.8) is 0 Å². The quantitative estimate of drug-likeness (QED) is 0.697. The first-order valence-corrected chi connectivity index (χ1v) is 11.1. The first-order chi connectivity index (χ1) is 14.5. The van der Waals surface area contributed by atoms with Gasteiger partial charge in [0.05, 0.1) is 10.5 Å². The molecule has 0 unspecified atom stereocenters. The number of amides is 1. The number of nitrogens with one attached hydrogen (secondary N) is 1. The van der Waals surface area contributed by atoms with Crippen molar-refractivity contribution in [1.82, 2.24) is 4.90 Å². The van der Waals surface area contributed by atoms with Crippen LogP contribution in [0, 0.1) is 0 Å². The number of nitrogens with two attached hydrogens (primary N) is 1. The van der Waals surface area contributed by atoms with Crippen LogP contribution in [0.2, 0.25) is 0 Å². The smallest absolute Gasteiger partial charge is 0.369 e. The number of rotatable bonds is 6. The number of carbonyl (C=O) groups is 1. The largest absolute Gasteiger partial charge is 0.416 e. The number of sulfonamides is 1. The van der Waals surface area contributed by atoms with E-state index in [1.807, 2.05) is 4.90 Å². The van der Waals surface area contributed by atoms with Crippen molar-refractivity contribution in [1.29, 1.82) is 0 Å². The van der Waals surface area contributed by atoms with Crippen LogP contribution in [0.1, 0.15) is 12.0 Å². The second-order valence-electron chi connectivity index (χ2n) is 7.24. The third-order valence-corrected chi connectivity index (χ3v) is 5.96. The van der Waals surface area contributed by atoms with Gasteiger partial charge in [-0.2, -0.15) is 13.2 Å². The number of piperazine rings is 1. The van der Waals surface area contributed by atoms with Crippen molar-refractivity contribution in [2.45, 2.75) is 17.5 Å². The maximum Gasteiger partial charge on any atom is 0.416 e. The highest BCUT2D eigenvalue weighted by Gasteiger charge is 2.31. The molecule has 0 aromatic heterocycles. The summed E-state index contributed by atoms with van der Waals surface area (Å²) in [6.07, 6.45) is -4.13. The Balaban J connectivity index is 1.45. The molecule has 11 heteroatoms. The standard InChI is InChI=1S/C20H23F3N4O3S/c21-20(22,23)15-2-1-3-17(14-15)27-12-10-26(11-13-27)9-8-19(28)25-16-4-6-18(7-5-16)31(24,29)30/h1-7,14H,8-13H2,(H,25,28)(H2,24,29,30). The summed E-state index contributed by atoms with van der Waals surface area (Å²) in [7, 11) is -3.79. The molecule has 31 heavy (non-hydrogen) atoms. The number of hydrogen-bond acceptors (Lipinski definition) is 5. The van der Waals surface area contributed by atoms with E-state index in [0.29, 0.717) is 44.1 Å². The number of benzene rings is 2. The maximum absolute atomic E-state index is 12.9. The van der Waals surface area contributed by atoms with Gasteiger partial charge < -0.3 is 10.2 Å². The topological polar surface area (TPSA) is 95.7 Å². The first kappa shape index (κ1) is 23.0. The van der Waals surface area contributed by atoms with Gasteiger partial charge in [-0.15, -0.1) is 0 Å². The molecule has 0 bridgehead atoms. The van der Waals surface area contributed by atoms with Gasteiger partial charge in [-0.1, -0.05) is 6.07 Å². The molecule has 1 aliphatic rings. The highest BCUT2D eigenvalue weighted by molar-refractivity contribution is 7.89. The first-order valence-electron chi connectivity index (χ1n) is 9.60. The van der Waals surface area contributed by atoms with E-state index >= 15 is 0 Å². The number of carbonyl (C=O) groups excluding carboxylic acids is 1. The van der Waals surface area contributed by atoms with Crippen molar-refractivity contribution < 1.29 is 26.4 Å². The Hall–Kier alpha value is -2.63. The third kappa shape index (κ3) is 6.42. The van der Waals surface area contributed by atoms with Gasteiger partial charge >= 0.3 is 6.18 Å². The molecule has 0 saturated carbocycles. The summed E-state index contributed by atoms with van der Waals surface area (Å²) < 4.78 is 61.2. The predicted molar refractivity (Wildman–Crippen MR) is 111 cm³/mol. The lowest BCUT2D eigenvalue weighted by Crippen LogP contribution is -2.47. The molecule has 1 amide bonds. The molecule has 1 heterocycles. The van der Waals surface area contributed by atoms with Gasteiger partial charge in [0.25, 0.3) is 0 Å². The zero-order valence-electron chi connectivity index (χ0n) is 16.6. The minimum Gasteiger partial charge on any atom is -0.369 e. The lowest BCUT2D eigenvalue weighted by atomic mass is 10.1. The van der Waals surface area contributed by atoms with Gasteiger partial charge in [0.2, 0.25) is 15.9 Å². The van der Waals surface area contributed by atoms with Crippen molar-refractivity contribution in [3.05, 3.63) is 54.1 Å². The molecule has 7 nitrogen and oxygen atoms in total. The third-order valence-electron chi connectivity index (χ3n) is 5.03. The predicted octanol–water partition coefficient (Wildman–Crippen LogP) is 2.50. The van der Waals surface area contributed by atoms with Crippen LogP contribution in [0.4, 0.5) is 24.5 Å². The van der Waals surface area contributed by atoms with E-state index in [1.54, 1.807) is 6.07 Å². The minimum atomic E-state index is -4.37. The molecular weight excluding hydrogens is 433 g/mol. The Morgan fingerprint density at radius 2 is 1.68 bits per heavy atom. The van der Waals surface area contributed by atoms with Crippen LogP contribution in [0.3, 0.4) is 0 Å². The summed E-state index contributed by atoms with van der Waals surface area (Å²) >= 11 is 0. The fourth-order valence-electron chi connectivity index (χ4n) is 3.32. The number of alkyl halides is 3. The van der Waals surface area contributed by atoms with Crippen LogP contribution < -0.4 is 15.4 Å². The summed E-state index contributed by atoms with van der Waals surface area (Å²) in [6.45, 7) is 2.91. The molecule has 1 aliphatic heterocycles. The fraction of sp³-hybridized carbons (Fsp3) is 0.350.